The first-order chi connectivity index (χ1) is 25.1. The number of carbonyl (C=O) groups excluding carboxylic acids is 1. The monoisotopic (exact) mass is 759 g/mol. The van der Waals surface area contributed by atoms with Crippen LogP contribution >= 0.6 is 7.82 Å². The molecule has 0 aromatic carbocycles. The summed E-state index contributed by atoms with van der Waals surface area (Å²) in [5.74, 6) is -0.343. The Kier molecular flexibility index (Phi) is 35.9. The lowest BCUT2D eigenvalue weighted by Gasteiger charge is -2.24. The van der Waals surface area contributed by atoms with Crippen LogP contribution in [0.2, 0.25) is 0 Å². The van der Waals surface area contributed by atoms with Crippen molar-refractivity contribution in [1.29, 1.82) is 0 Å². The van der Waals surface area contributed by atoms with E-state index >= 15 is 0 Å². The molecule has 8 nitrogen and oxygen atoms in total. The molecule has 1 N–H and O–H groups in total. The van der Waals surface area contributed by atoms with Gasteiger partial charge in [-0.05, 0) is 51.0 Å². The van der Waals surface area contributed by atoms with Gasteiger partial charge in [-0.2, -0.15) is 0 Å². The maximum Gasteiger partial charge on any atom is 0.472 e. The van der Waals surface area contributed by atoms with E-state index in [-0.39, 0.29) is 25.8 Å². The van der Waals surface area contributed by atoms with Crippen molar-refractivity contribution in [1.82, 2.24) is 0 Å². The zero-order valence-electron chi connectivity index (χ0n) is 34.8. The lowest BCUT2D eigenvalue weighted by molar-refractivity contribution is -0.870. The van der Waals surface area contributed by atoms with Gasteiger partial charge in [0, 0.05) is 6.42 Å². The fraction of sp³-hybridized carbons (Fsp3) is 0.884. The largest absolute Gasteiger partial charge is 0.498 e. The van der Waals surface area contributed by atoms with E-state index in [4.69, 9.17) is 18.5 Å². The van der Waals surface area contributed by atoms with Gasteiger partial charge >= 0.3 is 13.8 Å². The summed E-state index contributed by atoms with van der Waals surface area (Å²) in [5.41, 5.74) is 0. The zero-order chi connectivity index (χ0) is 38.4. The van der Waals surface area contributed by atoms with E-state index in [1.807, 2.05) is 27.2 Å². The molecular weight excluding hydrogens is 673 g/mol. The average Bonchev–Trinajstić information content (AvgIpc) is 3.09. The Bertz CT molecular complexity index is 889. The molecule has 9 heteroatoms. The highest BCUT2D eigenvalue weighted by Crippen LogP contribution is 2.43. The van der Waals surface area contributed by atoms with Gasteiger partial charge in [-0.25, -0.2) is 4.57 Å². The highest BCUT2D eigenvalue weighted by Gasteiger charge is 2.26. The van der Waals surface area contributed by atoms with E-state index < -0.39 is 13.9 Å². The maximum absolute atomic E-state index is 12.6. The molecule has 0 aliphatic heterocycles. The predicted molar refractivity (Wildman–Crippen MR) is 219 cm³/mol. The first kappa shape index (κ1) is 50.8. The number of nitrogens with zero attached hydrogens (tertiary/aromatic N) is 1. The molecule has 52 heavy (non-hydrogen) atoms. The summed E-state index contributed by atoms with van der Waals surface area (Å²) in [6, 6.07) is 0. The molecule has 0 aliphatic carbocycles. The number of rotatable bonds is 40. The summed E-state index contributed by atoms with van der Waals surface area (Å²) in [6.07, 6.45) is 41.6. The predicted octanol–water partition coefficient (Wildman–Crippen LogP) is 12.8. The number of phosphoric ester groups is 1. The van der Waals surface area contributed by atoms with E-state index in [2.05, 4.69) is 26.0 Å². The Balaban J connectivity index is 4.29. The Morgan fingerprint density at radius 1 is 0.596 bits per heavy atom. The van der Waals surface area contributed by atoms with Crippen LogP contribution in [0.5, 0.6) is 0 Å². The molecule has 0 aromatic rings. The number of hydrogen-bond donors (Lipinski definition) is 1. The third kappa shape index (κ3) is 40.0. The number of allylic oxidation sites excluding steroid dienone is 3. The second-order valence-electron chi connectivity index (χ2n) is 15.8. The normalized spacial score (nSPS) is 14.0. The van der Waals surface area contributed by atoms with E-state index in [0.29, 0.717) is 17.4 Å². The van der Waals surface area contributed by atoms with Gasteiger partial charge in [0.05, 0.1) is 34.0 Å². The number of carbonyl (C=O) groups is 1. The molecule has 308 valence electrons. The van der Waals surface area contributed by atoms with E-state index in [0.717, 1.165) is 44.9 Å². The molecule has 0 amide bonds. The first-order valence-corrected chi connectivity index (χ1v) is 23.1. The van der Waals surface area contributed by atoms with Gasteiger partial charge in [-0.1, -0.05) is 154 Å². The Morgan fingerprint density at radius 3 is 1.48 bits per heavy atom. The van der Waals surface area contributed by atoms with Gasteiger partial charge in [0.15, 0.2) is 6.10 Å². The molecule has 0 spiro atoms. The summed E-state index contributed by atoms with van der Waals surface area (Å²) in [6.45, 7) is 4.93. The van der Waals surface area contributed by atoms with Crippen molar-refractivity contribution in [3.63, 3.8) is 0 Å². The summed E-state index contributed by atoms with van der Waals surface area (Å²) < 4.78 is 34.7. The topological polar surface area (TPSA) is 91.3 Å². The number of hydrogen-bond acceptors (Lipinski definition) is 6. The van der Waals surface area contributed by atoms with Crippen molar-refractivity contribution < 1.29 is 37.3 Å². The fourth-order valence-electron chi connectivity index (χ4n) is 5.92. The Morgan fingerprint density at radius 2 is 1.02 bits per heavy atom. The standard InChI is InChI=1S/C43H84NO7P/c1-6-8-10-12-14-16-18-20-22-23-25-27-29-31-33-35-38-48-40-42(41-50-52(46,47)49-39-37-44(3,4)5)51-43(45)36-34-32-30-28-26-24-21-19-17-15-13-11-9-7-2/h19,21,35,38,42H,6-18,20,22-34,36-37,39-41H2,1-5H3/p+1/b21-19-,38-35-/t42-/m1/s1. The minimum absolute atomic E-state index is 0.0477. The fourth-order valence-corrected chi connectivity index (χ4v) is 6.67. The van der Waals surface area contributed by atoms with Gasteiger partial charge < -0.3 is 18.9 Å². The molecule has 1 unspecified atom stereocenters. The van der Waals surface area contributed by atoms with Crippen LogP contribution in [-0.4, -0.2) is 69.0 Å². The third-order valence-corrected chi connectivity index (χ3v) is 10.3. The van der Waals surface area contributed by atoms with Crippen molar-refractivity contribution in [3.05, 3.63) is 24.5 Å². The molecule has 0 bridgehead atoms. The molecule has 2 atom stereocenters. The van der Waals surface area contributed by atoms with Gasteiger partial charge in [-0.3, -0.25) is 13.8 Å². The van der Waals surface area contributed by atoms with Gasteiger partial charge in [0.25, 0.3) is 0 Å². The minimum Gasteiger partial charge on any atom is -0.498 e. The Hall–Kier alpha value is -1.18. The number of likely N-dealkylation sites (N-methyl/N-ethyl adjacent to an activating group) is 1. The number of unbranched alkanes of at least 4 members (excludes halogenated alkanes) is 24. The SMILES string of the molecule is CCCCCCC/C=C\CCCCCCCC(=O)O[C@H](CO/C=C\CCCCCCCCCCCCCCCC)COP(=O)(O)OCC[N+](C)(C)C. The van der Waals surface area contributed by atoms with Gasteiger partial charge in [0.2, 0.25) is 0 Å². The Labute approximate surface area is 322 Å². The number of ether oxygens (including phenoxy) is 2. The third-order valence-electron chi connectivity index (χ3n) is 9.33. The van der Waals surface area contributed by atoms with Crippen LogP contribution in [0.4, 0.5) is 0 Å². The second-order valence-corrected chi connectivity index (χ2v) is 17.2. The van der Waals surface area contributed by atoms with Crippen LogP contribution in [0.3, 0.4) is 0 Å². The van der Waals surface area contributed by atoms with Crippen LogP contribution in [0, 0.1) is 0 Å². The highest BCUT2D eigenvalue weighted by atomic mass is 31.2. The second kappa shape index (κ2) is 36.8. The van der Waals surface area contributed by atoms with Crippen molar-refractivity contribution in [2.24, 2.45) is 0 Å². The zero-order valence-corrected chi connectivity index (χ0v) is 35.7. The quantitative estimate of drug-likeness (QED) is 0.0166. The highest BCUT2D eigenvalue weighted by molar-refractivity contribution is 7.47. The van der Waals surface area contributed by atoms with Gasteiger partial charge in [-0.15, -0.1) is 0 Å². The summed E-state index contributed by atoms with van der Waals surface area (Å²) in [5, 5.41) is 0. The van der Waals surface area contributed by atoms with E-state index in [1.54, 1.807) is 6.26 Å². The van der Waals surface area contributed by atoms with Crippen molar-refractivity contribution in [2.75, 3.05) is 47.5 Å². The molecule has 0 heterocycles. The maximum atomic E-state index is 12.6. The average molecular weight is 759 g/mol. The van der Waals surface area contributed by atoms with Crippen LogP contribution in [0.25, 0.3) is 0 Å². The number of phosphoric acid groups is 1. The van der Waals surface area contributed by atoms with Crippen LogP contribution < -0.4 is 0 Å². The lowest BCUT2D eigenvalue weighted by Crippen LogP contribution is -2.37. The number of esters is 1. The van der Waals surface area contributed by atoms with Crippen molar-refractivity contribution in [2.45, 2.75) is 200 Å². The molecule has 0 radical (unpaired) electrons. The number of quaternary nitrogens is 1. The van der Waals surface area contributed by atoms with E-state index in [9.17, 15) is 14.3 Å². The molecule has 0 saturated carbocycles. The summed E-state index contributed by atoms with van der Waals surface area (Å²) in [4.78, 5) is 22.8. The van der Waals surface area contributed by atoms with Crippen LogP contribution in [0.15, 0.2) is 24.5 Å². The van der Waals surface area contributed by atoms with Crippen LogP contribution in [0.1, 0.15) is 194 Å². The molecule has 0 saturated heterocycles. The first-order valence-electron chi connectivity index (χ1n) is 21.6. The van der Waals surface area contributed by atoms with Crippen molar-refractivity contribution >= 4 is 13.8 Å². The lowest BCUT2D eigenvalue weighted by atomic mass is 10.0. The molecule has 0 fully saturated rings. The smallest absolute Gasteiger partial charge is 0.472 e. The van der Waals surface area contributed by atoms with Crippen LogP contribution in [-0.2, 0) is 27.9 Å². The van der Waals surface area contributed by atoms with Gasteiger partial charge in [0.1, 0.15) is 19.8 Å². The molecule has 0 aromatic heterocycles. The summed E-state index contributed by atoms with van der Waals surface area (Å²) in [7, 11) is 1.64. The minimum atomic E-state index is -4.29. The van der Waals surface area contributed by atoms with E-state index in [1.165, 1.54) is 128 Å². The van der Waals surface area contributed by atoms with Crippen molar-refractivity contribution in [3.8, 4) is 0 Å². The summed E-state index contributed by atoms with van der Waals surface area (Å²) >= 11 is 0. The molecular formula is C43H85NO7P+. The molecule has 0 rings (SSSR count). The molecule has 0 aliphatic rings.